The van der Waals surface area contributed by atoms with Crippen molar-refractivity contribution in [3.05, 3.63) is 48.0 Å². The van der Waals surface area contributed by atoms with Gasteiger partial charge in [-0.15, -0.1) is 0 Å². The Kier molecular flexibility index (Phi) is 4.62. The van der Waals surface area contributed by atoms with Crippen molar-refractivity contribution in [3.63, 3.8) is 0 Å². The summed E-state index contributed by atoms with van der Waals surface area (Å²) in [6.07, 6.45) is 3.44. The molecule has 3 aromatic rings. The van der Waals surface area contributed by atoms with Gasteiger partial charge in [0, 0.05) is 17.1 Å². The van der Waals surface area contributed by atoms with E-state index in [1.807, 2.05) is 36.4 Å². The fraction of sp³-hybridized carbons (Fsp3) is 0.348. The molecule has 29 heavy (non-hydrogen) atoms. The first-order valence-electron chi connectivity index (χ1n) is 10.0. The summed E-state index contributed by atoms with van der Waals surface area (Å²) < 4.78 is 18.9. The van der Waals surface area contributed by atoms with Crippen molar-refractivity contribution in [1.29, 1.82) is 5.26 Å². The van der Waals surface area contributed by atoms with E-state index in [2.05, 4.69) is 16.7 Å². The summed E-state index contributed by atoms with van der Waals surface area (Å²) in [5, 5.41) is 11.0. The third kappa shape index (κ3) is 3.23. The Morgan fingerprint density at radius 1 is 1.17 bits per heavy atom. The average molecular weight is 389 g/mol. The number of nitrogens with two attached hydrogens (primary N) is 1. The Bertz CT molecular complexity index is 1070. The molecule has 1 unspecified atom stereocenters. The van der Waals surface area contributed by atoms with Crippen LogP contribution < -0.4 is 10.5 Å². The lowest BCUT2D eigenvalue weighted by Gasteiger charge is -2.30. The second kappa shape index (κ2) is 7.43. The molecule has 2 aliphatic rings. The van der Waals surface area contributed by atoms with Crippen molar-refractivity contribution in [1.82, 2.24) is 4.57 Å². The van der Waals surface area contributed by atoms with Crippen LogP contribution in [-0.4, -0.2) is 30.7 Å². The highest BCUT2D eigenvalue weighted by molar-refractivity contribution is 5.95. The number of rotatable bonds is 5. The molecule has 2 fully saturated rings. The van der Waals surface area contributed by atoms with E-state index in [-0.39, 0.29) is 6.10 Å². The van der Waals surface area contributed by atoms with E-state index in [1.54, 1.807) is 0 Å². The number of ether oxygens (including phenoxy) is 3. The summed E-state index contributed by atoms with van der Waals surface area (Å²) in [5.41, 5.74) is 10.3. The van der Waals surface area contributed by atoms with E-state index >= 15 is 0 Å². The zero-order valence-electron chi connectivity index (χ0n) is 16.1. The standard InChI is InChI=1S/C23H23N3O3/c24-11-21-20-10-18(28-13-19-12-27-14-29-19)8-9-22(20)26(17-2-1-3-17)23(21)15-4-6-16(25)7-5-15/h4-10,17,19H,1-3,12-14,25H2. The molecule has 0 spiro atoms. The summed E-state index contributed by atoms with van der Waals surface area (Å²) in [7, 11) is 0. The molecule has 148 valence electrons. The molecular weight excluding hydrogens is 366 g/mol. The number of anilines is 1. The van der Waals surface area contributed by atoms with Crippen LogP contribution in [0.1, 0.15) is 30.9 Å². The van der Waals surface area contributed by atoms with Crippen molar-refractivity contribution in [2.75, 3.05) is 25.7 Å². The normalized spacial score (nSPS) is 19.2. The molecule has 2 aromatic carbocycles. The highest BCUT2D eigenvalue weighted by Crippen LogP contribution is 2.43. The number of fused-ring (bicyclic) bond motifs is 1. The fourth-order valence-corrected chi connectivity index (χ4v) is 4.10. The number of benzene rings is 2. The van der Waals surface area contributed by atoms with E-state index in [1.165, 1.54) is 6.42 Å². The summed E-state index contributed by atoms with van der Waals surface area (Å²) in [6.45, 7) is 1.30. The number of aromatic nitrogens is 1. The van der Waals surface area contributed by atoms with Crippen molar-refractivity contribution in [3.8, 4) is 23.1 Å². The Labute approximate surface area is 169 Å². The van der Waals surface area contributed by atoms with E-state index in [0.29, 0.717) is 37.3 Å². The van der Waals surface area contributed by atoms with Gasteiger partial charge in [-0.3, -0.25) is 0 Å². The van der Waals surface area contributed by atoms with Crippen LogP contribution in [0.2, 0.25) is 0 Å². The molecule has 0 bridgehead atoms. The summed E-state index contributed by atoms with van der Waals surface area (Å²) in [6, 6.07) is 16.6. The molecule has 0 radical (unpaired) electrons. The molecule has 1 aromatic heterocycles. The quantitative estimate of drug-likeness (QED) is 0.660. The molecule has 1 saturated carbocycles. The molecule has 0 amide bonds. The SMILES string of the molecule is N#Cc1c(-c2ccc(N)cc2)n(C2CCC2)c2ccc(OCC3COCO3)cc12. The van der Waals surface area contributed by atoms with Gasteiger partial charge in [0.2, 0.25) is 0 Å². The first kappa shape index (κ1) is 18.0. The summed E-state index contributed by atoms with van der Waals surface area (Å²) in [5.74, 6) is 0.735. The monoisotopic (exact) mass is 389 g/mol. The van der Waals surface area contributed by atoms with Crippen LogP contribution in [0.5, 0.6) is 5.75 Å². The molecule has 2 N–H and O–H groups in total. The highest BCUT2D eigenvalue weighted by Gasteiger charge is 2.28. The molecular formula is C23H23N3O3. The minimum Gasteiger partial charge on any atom is -0.491 e. The Morgan fingerprint density at radius 2 is 2.00 bits per heavy atom. The van der Waals surface area contributed by atoms with Gasteiger partial charge in [0.05, 0.1) is 23.4 Å². The molecule has 5 rings (SSSR count). The van der Waals surface area contributed by atoms with Crippen molar-refractivity contribution >= 4 is 16.6 Å². The number of nitriles is 1. The average Bonchev–Trinajstić information content (AvgIpc) is 3.32. The zero-order chi connectivity index (χ0) is 19.8. The van der Waals surface area contributed by atoms with Gasteiger partial charge in [0.1, 0.15) is 31.3 Å². The molecule has 1 aliphatic carbocycles. The molecule has 2 heterocycles. The van der Waals surface area contributed by atoms with Gasteiger partial charge >= 0.3 is 0 Å². The predicted molar refractivity (Wildman–Crippen MR) is 111 cm³/mol. The Morgan fingerprint density at radius 3 is 2.66 bits per heavy atom. The van der Waals surface area contributed by atoms with Gasteiger partial charge in [-0.2, -0.15) is 5.26 Å². The smallest absolute Gasteiger partial charge is 0.147 e. The first-order valence-corrected chi connectivity index (χ1v) is 10.0. The zero-order valence-corrected chi connectivity index (χ0v) is 16.1. The molecule has 6 heteroatoms. The maximum Gasteiger partial charge on any atom is 0.147 e. The van der Waals surface area contributed by atoms with E-state index in [9.17, 15) is 5.26 Å². The predicted octanol–water partition coefficient (Wildman–Crippen LogP) is 4.24. The van der Waals surface area contributed by atoms with E-state index in [4.69, 9.17) is 19.9 Å². The van der Waals surface area contributed by atoms with Crippen LogP contribution in [0.25, 0.3) is 22.2 Å². The first-order chi connectivity index (χ1) is 14.2. The minimum absolute atomic E-state index is 0.0500. The summed E-state index contributed by atoms with van der Waals surface area (Å²) >= 11 is 0. The van der Waals surface area contributed by atoms with Crippen LogP contribution in [0.4, 0.5) is 5.69 Å². The number of hydrogen-bond acceptors (Lipinski definition) is 5. The van der Waals surface area contributed by atoms with Crippen molar-refractivity contribution in [2.45, 2.75) is 31.4 Å². The number of hydrogen-bond donors (Lipinski definition) is 1. The largest absolute Gasteiger partial charge is 0.491 e. The van der Waals surface area contributed by atoms with Gasteiger partial charge < -0.3 is 24.5 Å². The van der Waals surface area contributed by atoms with Crippen LogP contribution in [0, 0.1) is 11.3 Å². The van der Waals surface area contributed by atoms with Gasteiger partial charge in [0.15, 0.2) is 0 Å². The van der Waals surface area contributed by atoms with Crippen LogP contribution >= 0.6 is 0 Å². The number of nitrogen functional groups attached to an aromatic ring is 1. The minimum atomic E-state index is -0.0500. The van der Waals surface area contributed by atoms with Crippen LogP contribution in [0.3, 0.4) is 0 Å². The van der Waals surface area contributed by atoms with Crippen molar-refractivity contribution < 1.29 is 14.2 Å². The summed E-state index contributed by atoms with van der Waals surface area (Å²) in [4.78, 5) is 0. The Balaban J connectivity index is 1.60. The topological polar surface area (TPSA) is 82.4 Å². The molecule has 6 nitrogen and oxygen atoms in total. The van der Waals surface area contributed by atoms with Crippen LogP contribution in [0.15, 0.2) is 42.5 Å². The van der Waals surface area contributed by atoms with Gasteiger partial charge in [-0.05, 0) is 55.2 Å². The van der Waals surface area contributed by atoms with Gasteiger partial charge in [-0.1, -0.05) is 12.1 Å². The second-order valence-electron chi connectivity index (χ2n) is 7.68. The second-order valence-corrected chi connectivity index (χ2v) is 7.68. The lowest BCUT2D eigenvalue weighted by molar-refractivity contribution is 0.0321. The van der Waals surface area contributed by atoms with Crippen LogP contribution in [-0.2, 0) is 9.47 Å². The maximum atomic E-state index is 10.0. The maximum absolute atomic E-state index is 10.0. The van der Waals surface area contributed by atoms with E-state index < -0.39 is 0 Å². The van der Waals surface area contributed by atoms with E-state index in [0.717, 1.165) is 40.8 Å². The third-order valence-electron chi connectivity index (χ3n) is 5.84. The lowest BCUT2D eigenvalue weighted by atomic mass is 9.92. The number of nitrogens with zero attached hydrogens (tertiary/aromatic N) is 2. The van der Waals surface area contributed by atoms with Gasteiger partial charge in [0.25, 0.3) is 0 Å². The van der Waals surface area contributed by atoms with Crippen molar-refractivity contribution in [2.24, 2.45) is 0 Å². The molecule has 1 aliphatic heterocycles. The third-order valence-corrected chi connectivity index (χ3v) is 5.84. The highest BCUT2D eigenvalue weighted by atomic mass is 16.7. The fourth-order valence-electron chi connectivity index (χ4n) is 4.10. The lowest BCUT2D eigenvalue weighted by Crippen LogP contribution is -2.19. The van der Waals surface area contributed by atoms with Gasteiger partial charge in [-0.25, -0.2) is 0 Å². The Hall–Kier alpha value is -3.01. The molecule has 1 saturated heterocycles. The molecule has 1 atom stereocenters.